The molecule has 0 saturated heterocycles. The van der Waals surface area contributed by atoms with Crippen LogP contribution in [0.4, 0.5) is 0 Å². The summed E-state index contributed by atoms with van der Waals surface area (Å²) in [6.45, 7) is 0.0480. The van der Waals surface area contributed by atoms with Crippen LogP contribution in [0.5, 0.6) is 0 Å². The maximum absolute atomic E-state index is 10.5. The van der Waals surface area contributed by atoms with E-state index < -0.39 is 5.24 Å². The van der Waals surface area contributed by atoms with Crippen LogP contribution in [0.15, 0.2) is 13.7 Å². The van der Waals surface area contributed by atoms with Gasteiger partial charge in [0.15, 0.2) is 0 Å². The monoisotopic (exact) mass is 394 g/mol. The van der Waals surface area contributed by atoms with Crippen LogP contribution >= 0.6 is 59.4 Å². The molecule has 0 N–H and O–H groups in total. The molecule has 1 aromatic heterocycles. The van der Waals surface area contributed by atoms with E-state index in [9.17, 15) is 4.79 Å². The summed E-state index contributed by atoms with van der Waals surface area (Å²) in [7, 11) is 0. The number of hydrogen-bond donors (Lipinski definition) is 0. The lowest BCUT2D eigenvalue weighted by Crippen LogP contribution is -2.05. The van der Waals surface area contributed by atoms with Crippen LogP contribution in [-0.4, -0.2) is 15.0 Å². The van der Waals surface area contributed by atoms with Crippen molar-refractivity contribution in [3.8, 4) is 0 Å². The first kappa shape index (κ1) is 13.6. The third-order valence-electron chi connectivity index (χ3n) is 1.07. The smallest absolute Gasteiger partial charge is 0.243 e. The molecule has 13 heavy (non-hydrogen) atoms. The van der Waals surface area contributed by atoms with E-state index in [0.29, 0.717) is 9.21 Å². The largest absolute Gasteiger partial charge is 0.279 e. The van der Waals surface area contributed by atoms with Crippen molar-refractivity contribution in [3.05, 3.63) is 13.7 Å². The average Bonchev–Trinajstić information content (AvgIpc) is 2.17. The predicted molar refractivity (Wildman–Crippen MR) is 62.9 cm³/mol. The lowest BCUT2D eigenvalue weighted by Gasteiger charge is -1.96. The summed E-state index contributed by atoms with van der Waals surface area (Å²) in [5.41, 5.74) is 0. The Morgan fingerprint density at radius 1 is 1.46 bits per heavy atom. The minimum Gasteiger partial charge on any atom is -0.279 e. The molecular weight excluding hydrogens is 391 g/mol. The molecule has 1 aromatic rings. The van der Waals surface area contributed by atoms with Gasteiger partial charge in [-0.05, 0) is 59.4 Å². The van der Waals surface area contributed by atoms with E-state index in [2.05, 4.69) is 52.9 Å². The highest BCUT2D eigenvalue weighted by molar-refractivity contribution is 9.14. The van der Waals surface area contributed by atoms with Gasteiger partial charge in [0.05, 0.1) is 4.47 Å². The average molecular weight is 397 g/mol. The summed E-state index contributed by atoms with van der Waals surface area (Å²) < 4.78 is 3.53. The molecule has 0 spiro atoms. The predicted octanol–water partition coefficient (Wildman–Crippen LogP) is 3.57. The number of rotatable bonds is 2. The van der Waals surface area contributed by atoms with E-state index in [0.717, 1.165) is 4.47 Å². The van der Waals surface area contributed by atoms with Crippen molar-refractivity contribution >= 4 is 64.6 Å². The Bertz CT molecular complexity index is 326. The molecule has 0 bridgehead atoms. The molecule has 1 rings (SSSR count). The zero-order valence-electron chi connectivity index (χ0n) is 5.52. The van der Waals surface area contributed by atoms with Crippen LogP contribution in [0, 0.1) is 0 Å². The highest BCUT2D eigenvalue weighted by atomic mass is 79.9. The molecule has 1 heterocycles. The second-order valence-electron chi connectivity index (χ2n) is 1.91. The number of carbonyl (C=O) groups excluding carboxylic acids is 1. The molecule has 0 aliphatic heterocycles. The van der Waals surface area contributed by atoms with Gasteiger partial charge in [0.2, 0.25) is 5.24 Å². The molecule has 3 nitrogen and oxygen atoms in total. The summed E-state index contributed by atoms with van der Waals surface area (Å²) in [5, 5.41) is 3.52. The lowest BCUT2D eigenvalue weighted by molar-refractivity contribution is -0.112. The van der Waals surface area contributed by atoms with Gasteiger partial charge >= 0.3 is 0 Å². The third kappa shape index (κ3) is 3.34. The van der Waals surface area contributed by atoms with Crippen LogP contribution < -0.4 is 0 Å². The Balaban J connectivity index is 0.00000144. The van der Waals surface area contributed by atoms with Crippen molar-refractivity contribution in [2.24, 2.45) is 0 Å². The number of nitrogens with zero attached hydrogens (tertiary/aromatic N) is 2. The second-order valence-corrected chi connectivity index (χ2v) is 4.63. The van der Waals surface area contributed by atoms with Crippen LogP contribution in [0.1, 0.15) is 7.43 Å². The minimum absolute atomic E-state index is 0. The van der Waals surface area contributed by atoms with Crippen molar-refractivity contribution in [3.63, 3.8) is 0 Å². The maximum atomic E-state index is 10.5. The minimum atomic E-state index is -0.460. The van der Waals surface area contributed by atoms with Crippen LogP contribution in [0.2, 0.25) is 0 Å². The topological polar surface area (TPSA) is 34.9 Å². The van der Waals surface area contributed by atoms with Gasteiger partial charge in [0.1, 0.15) is 15.8 Å². The van der Waals surface area contributed by atoms with Gasteiger partial charge in [-0.3, -0.25) is 4.79 Å². The van der Waals surface area contributed by atoms with Gasteiger partial charge in [0, 0.05) is 0 Å². The van der Waals surface area contributed by atoms with Gasteiger partial charge in [-0.1, -0.05) is 7.43 Å². The number of carbonyl (C=O) groups is 1. The molecule has 0 radical (unpaired) electrons. The van der Waals surface area contributed by atoms with Crippen LogP contribution in [0.3, 0.4) is 0 Å². The molecule has 0 aromatic carbocycles. The Hall–Kier alpha value is 0.610. The summed E-state index contributed by atoms with van der Waals surface area (Å²) in [6, 6.07) is 0. The van der Waals surface area contributed by atoms with Gasteiger partial charge in [0.25, 0.3) is 0 Å². The van der Waals surface area contributed by atoms with Crippen LogP contribution in [0.25, 0.3) is 0 Å². The van der Waals surface area contributed by atoms with E-state index in [-0.39, 0.29) is 14.0 Å². The number of aromatic nitrogens is 2. The van der Waals surface area contributed by atoms with Crippen LogP contribution in [-0.2, 0) is 11.3 Å². The zero-order chi connectivity index (χ0) is 9.30. The van der Waals surface area contributed by atoms with E-state index >= 15 is 0 Å². The van der Waals surface area contributed by atoms with Gasteiger partial charge in [-0.2, -0.15) is 5.10 Å². The quantitative estimate of drug-likeness (QED) is 0.716. The summed E-state index contributed by atoms with van der Waals surface area (Å²) in [4.78, 5) is 10.5. The Morgan fingerprint density at radius 3 is 2.31 bits per heavy atom. The molecule has 0 unspecified atom stereocenters. The molecule has 0 atom stereocenters. The fraction of sp³-hybridized carbons (Fsp3) is 0.333. The SMILES string of the molecule is C.O=C(Cl)Cn1nc(Br)c(Br)c1Br. The zero-order valence-corrected chi connectivity index (χ0v) is 11.0. The highest BCUT2D eigenvalue weighted by Gasteiger charge is 2.12. The van der Waals surface area contributed by atoms with Gasteiger partial charge < -0.3 is 0 Å². The van der Waals surface area contributed by atoms with Crippen molar-refractivity contribution in [2.45, 2.75) is 14.0 Å². The second kappa shape index (κ2) is 5.48. The molecule has 0 fully saturated rings. The summed E-state index contributed by atoms with van der Waals surface area (Å²) >= 11 is 14.9. The standard InChI is InChI=1S/C5H2Br3ClN2O.CH4/c6-3-4(7)10-11(5(3)8)1-2(9)12;/h1H2;1H4. The molecule has 74 valence electrons. The van der Waals surface area contributed by atoms with E-state index in [1.165, 1.54) is 4.68 Å². The van der Waals surface area contributed by atoms with E-state index in [1.807, 2.05) is 0 Å². The molecule has 0 amide bonds. The van der Waals surface area contributed by atoms with Crippen molar-refractivity contribution in [1.29, 1.82) is 0 Å². The third-order valence-corrected chi connectivity index (χ3v) is 4.37. The molecule has 7 heteroatoms. The first-order chi connectivity index (χ1) is 5.52. The number of halogens is 4. The lowest BCUT2D eigenvalue weighted by atomic mass is 10.7. The fourth-order valence-electron chi connectivity index (χ4n) is 0.615. The Kier molecular flexibility index (Phi) is 5.74. The molecular formula is C6H6Br3ClN2O. The van der Waals surface area contributed by atoms with Gasteiger partial charge in [-0.15, -0.1) is 0 Å². The van der Waals surface area contributed by atoms with Gasteiger partial charge in [-0.25, -0.2) is 4.68 Å². The number of hydrogen-bond acceptors (Lipinski definition) is 2. The summed E-state index contributed by atoms with van der Waals surface area (Å²) in [5.74, 6) is 0. The van der Waals surface area contributed by atoms with E-state index in [4.69, 9.17) is 11.6 Å². The fourth-order valence-corrected chi connectivity index (χ4v) is 2.05. The Morgan fingerprint density at radius 2 is 2.00 bits per heavy atom. The highest BCUT2D eigenvalue weighted by Crippen LogP contribution is 2.30. The molecule has 0 aliphatic rings. The van der Waals surface area contributed by atoms with Crippen molar-refractivity contribution in [2.75, 3.05) is 0 Å². The first-order valence-corrected chi connectivity index (χ1v) is 5.53. The van der Waals surface area contributed by atoms with E-state index in [1.54, 1.807) is 0 Å². The van der Waals surface area contributed by atoms with Crippen molar-refractivity contribution < 1.29 is 4.79 Å². The maximum Gasteiger partial charge on any atom is 0.243 e. The molecule has 0 saturated carbocycles. The molecule has 0 aliphatic carbocycles. The Labute approximate surface area is 106 Å². The van der Waals surface area contributed by atoms with Crippen molar-refractivity contribution in [1.82, 2.24) is 9.78 Å². The first-order valence-electron chi connectivity index (χ1n) is 2.78. The normalized spacial score (nSPS) is 9.54. The summed E-state index contributed by atoms with van der Waals surface area (Å²) in [6.07, 6.45) is 0.